The molecule has 0 spiro atoms. The number of benzene rings is 1. The summed E-state index contributed by atoms with van der Waals surface area (Å²) in [5.74, 6) is 0.250. The van der Waals surface area contributed by atoms with Gasteiger partial charge in [-0.05, 0) is 39.3 Å². The van der Waals surface area contributed by atoms with E-state index in [0.717, 1.165) is 12.1 Å². The molecule has 23 heavy (non-hydrogen) atoms. The summed E-state index contributed by atoms with van der Waals surface area (Å²) in [4.78, 5) is 13.8. The quantitative estimate of drug-likeness (QED) is 0.740. The van der Waals surface area contributed by atoms with Gasteiger partial charge in [-0.1, -0.05) is 12.6 Å². The van der Waals surface area contributed by atoms with E-state index in [2.05, 4.69) is 22.1 Å². The van der Waals surface area contributed by atoms with Gasteiger partial charge in [-0.2, -0.15) is 13.2 Å². The number of rotatable bonds is 0. The molecule has 0 radical (unpaired) electrons. The fraction of sp³-hybridized carbons (Fsp3) is 0.286. The van der Waals surface area contributed by atoms with Gasteiger partial charge in [-0.3, -0.25) is 4.79 Å². The van der Waals surface area contributed by atoms with Crippen LogP contribution in [0.3, 0.4) is 0 Å². The smallest absolute Gasteiger partial charge is 0.322 e. The van der Waals surface area contributed by atoms with Crippen molar-refractivity contribution in [3.63, 3.8) is 0 Å². The molecule has 9 heteroatoms. The lowest BCUT2D eigenvalue weighted by molar-refractivity contribution is -0.138. The van der Waals surface area contributed by atoms with Crippen LogP contribution in [0.4, 0.5) is 13.2 Å². The Kier molecular flexibility index (Phi) is 2.66. The summed E-state index contributed by atoms with van der Waals surface area (Å²) < 4.78 is 40.2. The van der Waals surface area contributed by atoms with Crippen molar-refractivity contribution in [2.24, 2.45) is 0 Å². The highest BCUT2D eigenvalue weighted by molar-refractivity contribution is 5.84. The maximum absolute atomic E-state index is 12.9. The van der Waals surface area contributed by atoms with E-state index < -0.39 is 17.8 Å². The number of carbonyl (C=O) groups is 1. The van der Waals surface area contributed by atoms with Gasteiger partial charge in [0.05, 0.1) is 5.56 Å². The van der Waals surface area contributed by atoms with Crippen LogP contribution in [-0.2, 0) is 17.5 Å². The Balaban J connectivity index is 1.91. The maximum atomic E-state index is 12.9. The molecule has 0 aliphatic carbocycles. The van der Waals surface area contributed by atoms with Crippen molar-refractivity contribution in [3.8, 4) is 0 Å². The summed E-state index contributed by atoms with van der Waals surface area (Å²) in [6, 6.07) is 2.86. The molecule has 0 saturated heterocycles. The van der Waals surface area contributed by atoms with Gasteiger partial charge in [0.25, 0.3) is 0 Å². The van der Waals surface area contributed by atoms with Crippen LogP contribution in [0.25, 0.3) is 5.57 Å². The summed E-state index contributed by atoms with van der Waals surface area (Å²) in [5.41, 5.74) is 0.674. The van der Waals surface area contributed by atoms with E-state index in [4.69, 9.17) is 0 Å². The van der Waals surface area contributed by atoms with E-state index in [1.165, 1.54) is 10.7 Å². The molecule has 4 rings (SSSR count). The second-order valence-corrected chi connectivity index (χ2v) is 5.52. The second-order valence-electron chi connectivity index (χ2n) is 5.52. The zero-order chi connectivity index (χ0) is 16.4. The summed E-state index contributed by atoms with van der Waals surface area (Å²) >= 11 is 0. The first-order valence-electron chi connectivity index (χ1n) is 6.81. The molecule has 2 aliphatic rings. The molecule has 1 aromatic carbocycles. The first-order chi connectivity index (χ1) is 10.9. The molecule has 6 nitrogen and oxygen atoms in total. The summed E-state index contributed by atoms with van der Waals surface area (Å²) in [5, 5.41) is 11.2. The molecule has 118 valence electrons. The van der Waals surface area contributed by atoms with Crippen molar-refractivity contribution < 1.29 is 18.0 Å². The van der Waals surface area contributed by atoms with Crippen molar-refractivity contribution in [2.45, 2.75) is 18.8 Å². The lowest BCUT2D eigenvalue weighted by Crippen LogP contribution is -2.46. The summed E-state index contributed by atoms with van der Waals surface area (Å²) in [6.07, 6.45) is -4.43. The van der Waals surface area contributed by atoms with E-state index in [9.17, 15) is 18.0 Å². The molecule has 0 fully saturated rings. The van der Waals surface area contributed by atoms with E-state index in [1.807, 2.05) is 0 Å². The average Bonchev–Trinajstić information content (AvgIpc) is 2.94. The van der Waals surface area contributed by atoms with Crippen molar-refractivity contribution in [2.75, 3.05) is 6.54 Å². The van der Waals surface area contributed by atoms with Crippen LogP contribution in [0, 0.1) is 0 Å². The second kappa shape index (κ2) is 4.40. The van der Waals surface area contributed by atoms with Crippen LogP contribution >= 0.6 is 0 Å². The first-order valence-corrected chi connectivity index (χ1v) is 6.81. The highest BCUT2D eigenvalue weighted by Gasteiger charge is 2.42. The predicted molar refractivity (Wildman–Crippen MR) is 71.9 cm³/mol. The minimum absolute atomic E-state index is 0.0160. The van der Waals surface area contributed by atoms with Crippen molar-refractivity contribution in [3.05, 3.63) is 47.3 Å². The van der Waals surface area contributed by atoms with Gasteiger partial charge in [-0.15, -0.1) is 5.10 Å². The number of carbonyl (C=O) groups excluding carboxylic acids is 1. The normalized spacial score (nSPS) is 20.1. The first kappa shape index (κ1) is 13.9. The topological polar surface area (TPSA) is 63.9 Å². The lowest BCUT2D eigenvalue weighted by Gasteiger charge is -2.40. The Morgan fingerprint density at radius 2 is 2.04 bits per heavy atom. The number of alkyl halides is 3. The highest BCUT2D eigenvalue weighted by Crippen LogP contribution is 2.42. The number of hydrogen-bond acceptors (Lipinski definition) is 4. The Morgan fingerprint density at radius 3 is 2.78 bits per heavy atom. The number of nitrogens with zero attached hydrogens (tertiary/aromatic N) is 5. The molecular weight excluding hydrogens is 311 g/mol. The third-order valence-corrected chi connectivity index (χ3v) is 4.14. The number of fused-ring (bicyclic) bond motifs is 5. The average molecular weight is 321 g/mol. The van der Waals surface area contributed by atoms with Gasteiger partial charge in [0.1, 0.15) is 12.6 Å². The standard InChI is InChI=1S/C14H10F3N5O/c1-7-5-21-11(23)6-22-13(18-19-20-22)12(21)9-3-2-8(4-10(7)9)14(15,16)17/h2-4,12H,1,5-6H2. The number of halogens is 3. The Labute approximate surface area is 128 Å². The maximum Gasteiger partial charge on any atom is 0.416 e. The van der Waals surface area contributed by atoms with Crippen LogP contribution in [0.5, 0.6) is 0 Å². The van der Waals surface area contributed by atoms with Crippen molar-refractivity contribution in [1.29, 1.82) is 0 Å². The van der Waals surface area contributed by atoms with Crippen LogP contribution in [0.2, 0.25) is 0 Å². The Hall–Kier alpha value is -2.71. The van der Waals surface area contributed by atoms with Crippen molar-refractivity contribution >= 4 is 11.5 Å². The SMILES string of the molecule is C=C1CN2C(=O)Cn3nnnc3C2c2ccc(C(F)(F)F)cc21. The molecule has 0 saturated carbocycles. The third-order valence-electron chi connectivity index (χ3n) is 4.14. The fourth-order valence-corrected chi connectivity index (χ4v) is 3.08. The molecule has 1 unspecified atom stereocenters. The van der Waals surface area contributed by atoms with E-state index in [-0.39, 0.29) is 19.0 Å². The van der Waals surface area contributed by atoms with Crippen LogP contribution in [0.15, 0.2) is 24.8 Å². The Morgan fingerprint density at radius 1 is 1.26 bits per heavy atom. The molecule has 0 bridgehead atoms. The molecule has 1 aromatic heterocycles. The molecule has 2 aromatic rings. The minimum Gasteiger partial charge on any atom is -0.322 e. The molecule has 3 heterocycles. The van der Waals surface area contributed by atoms with Gasteiger partial charge in [0.15, 0.2) is 5.82 Å². The number of hydrogen-bond donors (Lipinski definition) is 0. The van der Waals surface area contributed by atoms with Crippen LogP contribution in [0.1, 0.15) is 28.6 Å². The predicted octanol–water partition coefficient (Wildman–Crippen LogP) is 1.65. The molecule has 0 N–H and O–H groups in total. The number of aromatic nitrogens is 4. The number of amides is 1. The lowest BCUT2D eigenvalue weighted by atomic mass is 9.87. The van der Waals surface area contributed by atoms with Gasteiger partial charge in [-0.25, -0.2) is 4.68 Å². The van der Waals surface area contributed by atoms with Gasteiger partial charge >= 0.3 is 6.18 Å². The van der Waals surface area contributed by atoms with Gasteiger partial charge in [0.2, 0.25) is 5.91 Å². The largest absolute Gasteiger partial charge is 0.416 e. The zero-order valence-corrected chi connectivity index (χ0v) is 11.7. The van der Waals surface area contributed by atoms with E-state index in [0.29, 0.717) is 22.5 Å². The highest BCUT2D eigenvalue weighted by atomic mass is 19.4. The fourth-order valence-electron chi connectivity index (χ4n) is 3.08. The van der Waals surface area contributed by atoms with Crippen LogP contribution < -0.4 is 0 Å². The zero-order valence-electron chi connectivity index (χ0n) is 11.7. The Bertz CT molecular complexity index is 841. The molecule has 2 aliphatic heterocycles. The summed E-state index contributed by atoms with van der Waals surface area (Å²) in [7, 11) is 0. The van der Waals surface area contributed by atoms with Gasteiger partial charge < -0.3 is 4.90 Å². The van der Waals surface area contributed by atoms with Crippen molar-refractivity contribution in [1.82, 2.24) is 25.1 Å². The minimum atomic E-state index is -4.43. The third kappa shape index (κ3) is 1.96. The molecule has 1 amide bonds. The molecular formula is C14H10F3N5O. The molecule has 1 atom stereocenters. The van der Waals surface area contributed by atoms with E-state index in [1.54, 1.807) is 4.90 Å². The summed E-state index contributed by atoms with van der Waals surface area (Å²) in [6.45, 7) is 4.00. The monoisotopic (exact) mass is 321 g/mol. The van der Waals surface area contributed by atoms with E-state index >= 15 is 0 Å². The van der Waals surface area contributed by atoms with Gasteiger partial charge in [0, 0.05) is 6.54 Å². The number of tetrazole rings is 1. The van der Waals surface area contributed by atoms with Crippen LogP contribution in [-0.4, -0.2) is 37.6 Å².